The fraction of sp³-hybridized carbons (Fsp3) is 0.333. The van der Waals surface area contributed by atoms with Gasteiger partial charge in [-0.3, -0.25) is 0 Å². The first kappa shape index (κ1) is 9.55. The van der Waals surface area contributed by atoms with Crippen LogP contribution in [0.3, 0.4) is 0 Å². The van der Waals surface area contributed by atoms with E-state index < -0.39 is 6.10 Å². The second kappa shape index (κ2) is 3.92. The first-order valence-corrected chi connectivity index (χ1v) is 4.46. The molecular weight excluding hydrogens is 220 g/mol. The molecule has 12 heavy (non-hydrogen) atoms. The lowest BCUT2D eigenvalue weighted by atomic mass is 10.1. The molecule has 66 valence electrons. The van der Waals surface area contributed by atoms with Gasteiger partial charge in [0.25, 0.3) is 0 Å². The number of rotatable bonds is 2. The Bertz CT molecular complexity index is 271. The fourth-order valence-corrected chi connectivity index (χ4v) is 1.34. The number of hydrogen-bond donors (Lipinski definition) is 1. The average Bonchev–Trinajstić information content (AvgIpc) is 2.05. The van der Waals surface area contributed by atoms with E-state index in [1.807, 2.05) is 18.2 Å². The van der Waals surface area contributed by atoms with Crippen molar-refractivity contribution < 1.29 is 9.84 Å². The zero-order chi connectivity index (χ0) is 9.14. The molecule has 0 saturated heterocycles. The highest BCUT2D eigenvalue weighted by Gasteiger charge is 2.04. The predicted octanol–water partition coefficient (Wildman–Crippen LogP) is 2.51. The Morgan fingerprint density at radius 1 is 1.50 bits per heavy atom. The van der Waals surface area contributed by atoms with Gasteiger partial charge in [0.05, 0.1) is 17.7 Å². The summed E-state index contributed by atoms with van der Waals surface area (Å²) < 4.78 is 5.98. The number of hydrogen-bond acceptors (Lipinski definition) is 2. The number of aliphatic hydroxyl groups is 1. The quantitative estimate of drug-likeness (QED) is 0.847. The Morgan fingerprint density at radius 3 is 2.67 bits per heavy atom. The molecule has 0 saturated carbocycles. The van der Waals surface area contributed by atoms with Gasteiger partial charge in [-0.15, -0.1) is 0 Å². The average molecular weight is 231 g/mol. The van der Waals surface area contributed by atoms with E-state index in [4.69, 9.17) is 4.74 Å². The van der Waals surface area contributed by atoms with Gasteiger partial charge in [-0.2, -0.15) is 0 Å². The lowest BCUT2D eigenvalue weighted by Crippen LogP contribution is -1.92. The van der Waals surface area contributed by atoms with E-state index in [1.54, 1.807) is 14.0 Å². The third kappa shape index (κ3) is 1.99. The molecule has 1 atom stereocenters. The lowest BCUT2D eigenvalue weighted by Gasteiger charge is -2.08. The van der Waals surface area contributed by atoms with Crippen LogP contribution in [0.1, 0.15) is 18.6 Å². The molecule has 0 spiro atoms. The van der Waals surface area contributed by atoms with Gasteiger partial charge in [0.2, 0.25) is 0 Å². The zero-order valence-corrected chi connectivity index (χ0v) is 8.63. The van der Waals surface area contributed by atoms with Crippen LogP contribution >= 0.6 is 15.9 Å². The van der Waals surface area contributed by atoms with E-state index in [0.717, 1.165) is 15.8 Å². The summed E-state index contributed by atoms with van der Waals surface area (Å²) in [4.78, 5) is 0. The monoisotopic (exact) mass is 230 g/mol. The summed E-state index contributed by atoms with van der Waals surface area (Å²) in [7, 11) is 1.60. The van der Waals surface area contributed by atoms with Gasteiger partial charge in [0.15, 0.2) is 0 Å². The molecule has 0 fully saturated rings. The molecule has 0 bridgehead atoms. The highest BCUT2D eigenvalue weighted by Crippen LogP contribution is 2.27. The van der Waals surface area contributed by atoms with Gasteiger partial charge < -0.3 is 9.84 Å². The second-order valence-electron chi connectivity index (χ2n) is 2.57. The zero-order valence-electron chi connectivity index (χ0n) is 7.04. The molecule has 2 nitrogen and oxygen atoms in total. The first-order valence-electron chi connectivity index (χ1n) is 3.66. The van der Waals surface area contributed by atoms with Crippen molar-refractivity contribution in [1.29, 1.82) is 0 Å². The summed E-state index contributed by atoms with van der Waals surface area (Å²) in [6.07, 6.45) is -0.452. The van der Waals surface area contributed by atoms with Crippen molar-refractivity contribution in [1.82, 2.24) is 0 Å². The minimum atomic E-state index is -0.452. The second-order valence-corrected chi connectivity index (χ2v) is 3.42. The highest BCUT2D eigenvalue weighted by atomic mass is 79.9. The Balaban J connectivity index is 3.05. The van der Waals surface area contributed by atoms with E-state index in [1.165, 1.54) is 0 Å². The number of halogens is 1. The molecule has 1 rings (SSSR count). The van der Waals surface area contributed by atoms with Crippen LogP contribution in [0, 0.1) is 0 Å². The number of benzene rings is 1. The molecule has 1 unspecified atom stereocenters. The van der Waals surface area contributed by atoms with E-state index in [0.29, 0.717) is 0 Å². The van der Waals surface area contributed by atoms with Crippen molar-refractivity contribution in [3.63, 3.8) is 0 Å². The van der Waals surface area contributed by atoms with E-state index in [9.17, 15) is 5.11 Å². The molecule has 0 aliphatic heterocycles. The van der Waals surface area contributed by atoms with Crippen LogP contribution in [0.4, 0.5) is 0 Å². The minimum absolute atomic E-state index is 0.452. The molecule has 0 amide bonds. The topological polar surface area (TPSA) is 29.5 Å². The highest BCUT2D eigenvalue weighted by molar-refractivity contribution is 9.10. The van der Waals surface area contributed by atoms with Crippen molar-refractivity contribution in [2.75, 3.05) is 7.11 Å². The fourth-order valence-electron chi connectivity index (χ4n) is 0.936. The molecule has 0 radical (unpaired) electrons. The Hall–Kier alpha value is -0.540. The number of ether oxygens (including phenoxy) is 1. The van der Waals surface area contributed by atoms with Crippen molar-refractivity contribution in [2.45, 2.75) is 13.0 Å². The van der Waals surface area contributed by atoms with Gasteiger partial charge in [0.1, 0.15) is 5.75 Å². The predicted molar refractivity (Wildman–Crippen MR) is 51.3 cm³/mol. The number of aliphatic hydroxyl groups excluding tert-OH is 1. The van der Waals surface area contributed by atoms with Crippen LogP contribution in [-0.4, -0.2) is 12.2 Å². The van der Waals surface area contributed by atoms with Crippen molar-refractivity contribution in [2.24, 2.45) is 0 Å². The van der Waals surface area contributed by atoms with Crippen molar-refractivity contribution >= 4 is 15.9 Å². The van der Waals surface area contributed by atoms with E-state index in [2.05, 4.69) is 15.9 Å². The third-order valence-electron chi connectivity index (χ3n) is 1.66. The Kier molecular flexibility index (Phi) is 3.12. The molecule has 0 aliphatic carbocycles. The summed E-state index contributed by atoms with van der Waals surface area (Å²) in [5.41, 5.74) is 0.857. The largest absolute Gasteiger partial charge is 0.496 e. The molecule has 1 N–H and O–H groups in total. The maximum absolute atomic E-state index is 9.26. The van der Waals surface area contributed by atoms with Gasteiger partial charge in [0, 0.05) is 0 Å². The van der Waals surface area contributed by atoms with E-state index in [-0.39, 0.29) is 0 Å². The maximum atomic E-state index is 9.26. The summed E-state index contributed by atoms with van der Waals surface area (Å²) in [6, 6.07) is 5.53. The molecule has 0 aliphatic rings. The molecular formula is C9H11BrO2. The van der Waals surface area contributed by atoms with E-state index >= 15 is 0 Å². The van der Waals surface area contributed by atoms with Crippen LogP contribution in [0.2, 0.25) is 0 Å². The van der Waals surface area contributed by atoms with Crippen LogP contribution in [-0.2, 0) is 0 Å². The smallest absolute Gasteiger partial charge is 0.133 e. The van der Waals surface area contributed by atoms with Gasteiger partial charge >= 0.3 is 0 Å². The molecule has 3 heteroatoms. The van der Waals surface area contributed by atoms with Gasteiger partial charge in [-0.05, 0) is 40.5 Å². The molecule has 0 heterocycles. The Labute approximate surface area is 80.3 Å². The van der Waals surface area contributed by atoms with Gasteiger partial charge in [-0.25, -0.2) is 0 Å². The molecule has 1 aromatic carbocycles. The van der Waals surface area contributed by atoms with Crippen LogP contribution in [0.5, 0.6) is 5.75 Å². The standard InChI is InChI=1S/C9H11BrO2/c1-6(11)7-3-4-8(10)9(5-7)12-2/h3-6,11H,1-2H3. The molecule has 0 aromatic heterocycles. The van der Waals surface area contributed by atoms with Crippen molar-refractivity contribution in [3.05, 3.63) is 28.2 Å². The summed E-state index contributed by atoms with van der Waals surface area (Å²) in [6.45, 7) is 1.72. The summed E-state index contributed by atoms with van der Waals surface area (Å²) in [5.74, 6) is 0.744. The van der Waals surface area contributed by atoms with Crippen molar-refractivity contribution in [3.8, 4) is 5.75 Å². The van der Waals surface area contributed by atoms with Crippen LogP contribution in [0.25, 0.3) is 0 Å². The SMILES string of the molecule is COc1cc(C(C)O)ccc1Br. The summed E-state index contributed by atoms with van der Waals surface area (Å²) >= 11 is 3.33. The first-order chi connectivity index (χ1) is 5.65. The lowest BCUT2D eigenvalue weighted by molar-refractivity contribution is 0.199. The van der Waals surface area contributed by atoms with Gasteiger partial charge in [-0.1, -0.05) is 6.07 Å². The third-order valence-corrected chi connectivity index (χ3v) is 2.31. The minimum Gasteiger partial charge on any atom is -0.496 e. The van der Waals surface area contributed by atoms with Crippen LogP contribution < -0.4 is 4.74 Å². The maximum Gasteiger partial charge on any atom is 0.133 e. The van der Waals surface area contributed by atoms with Crippen LogP contribution in [0.15, 0.2) is 22.7 Å². The summed E-state index contributed by atoms with van der Waals surface area (Å²) in [5, 5.41) is 9.26. The molecule has 1 aromatic rings. The Morgan fingerprint density at radius 2 is 2.17 bits per heavy atom. The number of methoxy groups -OCH3 is 1. The normalized spacial score (nSPS) is 12.7.